The number of para-hydroxylation sites is 1. The number of aromatic nitrogens is 1. The Kier molecular flexibility index (Phi) is 3.39. The SMILES string of the molecule is COC1CC(C(=O)O)N(C(=O)c2c[nH]c3ccccc23)C1. The number of fused-ring (bicyclic) bond motifs is 1. The minimum absolute atomic E-state index is 0.236. The summed E-state index contributed by atoms with van der Waals surface area (Å²) in [6.07, 6.45) is 1.71. The Hall–Kier alpha value is -2.34. The third kappa shape index (κ3) is 2.27. The topological polar surface area (TPSA) is 82.6 Å². The molecule has 0 spiro atoms. The van der Waals surface area contributed by atoms with Crippen LogP contribution in [0.3, 0.4) is 0 Å². The zero-order valence-electron chi connectivity index (χ0n) is 11.6. The van der Waals surface area contributed by atoms with Gasteiger partial charge in [-0.2, -0.15) is 0 Å². The van der Waals surface area contributed by atoms with Crippen LogP contribution in [0, 0.1) is 0 Å². The van der Waals surface area contributed by atoms with Crippen LogP contribution in [0.25, 0.3) is 10.9 Å². The summed E-state index contributed by atoms with van der Waals surface area (Å²) in [6, 6.07) is 6.62. The Balaban J connectivity index is 1.95. The summed E-state index contributed by atoms with van der Waals surface area (Å²) in [5, 5.41) is 10.1. The highest BCUT2D eigenvalue weighted by molar-refractivity contribution is 6.07. The molecule has 2 atom stereocenters. The zero-order chi connectivity index (χ0) is 15.0. The molecule has 1 fully saturated rings. The lowest BCUT2D eigenvalue weighted by Crippen LogP contribution is -2.40. The highest BCUT2D eigenvalue weighted by Gasteiger charge is 2.40. The van der Waals surface area contributed by atoms with Gasteiger partial charge in [-0.05, 0) is 6.07 Å². The lowest BCUT2D eigenvalue weighted by Gasteiger charge is -2.20. The quantitative estimate of drug-likeness (QED) is 0.896. The van der Waals surface area contributed by atoms with E-state index in [1.807, 2.05) is 24.3 Å². The highest BCUT2D eigenvalue weighted by Crippen LogP contribution is 2.26. The maximum atomic E-state index is 12.7. The molecule has 0 aliphatic carbocycles. The van der Waals surface area contributed by atoms with Crippen molar-refractivity contribution in [3.8, 4) is 0 Å². The number of rotatable bonds is 3. The molecule has 1 saturated heterocycles. The molecule has 0 radical (unpaired) electrons. The molecule has 1 aromatic carbocycles. The first-order valence-corrected chi connectivity index (χ1v) is 6.74. The maximum Gasteiger partial charge on any atom is 0.326 e. The lowest BCUT2D eigenvalue weighted by molar-refractivity contribution is -0.141. The summed E-state index contributed by atoms with van der Waals surface area (Å²) in [7, 11) is 1.53. The van der Waals surface area contributed by atoms with E-state index in [1.54, 1.807) is 6.20 Å². The zero-order valence-corrected chi connectivity index (χ0v) is 11.6. The van der Waals surface area contributed by atoms with E-state index >= 15 is 0 Å². The summed E-state index contributed by atoms with van der Waals surface area (Å²) in [5.74, 6) is -1.28. The second-order valence-corrected chi connectivity index (χ2v) is 5.15. The summed E-state index contributed by atoms with van der Waals surface area (Å²) < 4.78 is 5.21. The monoisotopic (exact) mass is 288 g/mol. The predicted molar refractivity (Wildman–Crippen MR) is 76.2 cm³/mol. The van der Waals surface area contributed by atoms with Crippen molar-refractivity contribution >= 4 is 22.8 Å². The van der Waals surface area contributed by atoms with Crippen LogP contribution in [-0.2, 0) is 9.53 Å². The molecular formula is C15H16N2O4. The number of carbonyl (C=O) groups is 2. The van der Waals surface area contributed by atoms with Gasteiger partial charge in [-0.15, -0.1) is 0 Å². The van der Waals surface area contributed by atoms with Crippen LogP contribution < -0.4 is 0 Å². The van der Waals surface area contributed by atoms with Crippen molar-refractivity contribution in [3.05, 3.63) is 36.0 Å². The second-order valence-electron chi connectivity index (χ2n) is 5.15. The van der Waals surface area contributed by atoms with E-state index < -0.39 is 12.0 Å². The predicted octanol–water partition coefficient (Wildman–Crippen LogP) is 1.48. The molecule has 21 heavy (non-hydrogen) atoms. The number of likely N-dealkylation sites (tertiary alicyclic amines) is 1. The number of amides is 1. The fraction of sp³-hybridized carbons (Fsp3) is 0.333. The summed E-state index contributed by atoms with van der Waals surface area (Å²) >= 11 is 0. The van der Waals surface area contributed by atoms with E-state index in [9.17, 15) is 14.7 Å². The molecule has 110 valence electrons. The summed E-state index contributed by atoms with van der Waals surface area (Å²) in [6.45, 7) is 0.297. The summed E-state index contributed by atoms with van der Waals surface area (Å²) in [4.78, 5) is 28.5. The molecule has 6 heteroatoms. The van der Waals surface area contributed by atoms with E-state index in [2.05, 4.69) is 4.98 Å². The number of nitrogens with one attached hydrogen (secondary N) is 1. The number of benzene rings is 1. The number of carboxylic acid groups (broad SMARTS) is 1. The molecule has 1 aliphatic rings. The van der Waals surface area contributed by atoms with Gasteiger partial charge in [0, 0.05) is 37.2 Å². The number of hydrogen-bond donors (Lipinski definition) is 2. The third-order valence-corrected chi connectivity index (χ3v) is 3.96. The van der Waals surface area contributed by atoms with E-state index in [-0.39, 0.29) is 12.0 Å². The number of aliphatic carboxylic acids is 1. The van der Waals surface area contributed by atoms with Crippen molar-refractivity contribution in [3.63, 3.8) is 0 Å². The number of ether oxygens (including phenoxy) is 1. The van der Waals surface area contributed by atoms with Crippen LogP contribution in [0.2, 0.25) is 0 Å². The number of aromatic amines is 1. The Morgan fingerprint density at radius 2 is 2.14 bits per heavy atom. The Labute approximate surface area is 121 Å². The number of H-pyrrole nitrogens is 1. The minimum atomic E-state index is -0.997. The average Bonchev–Trinajstić information content (AvgIpc) is 3.10. The van der Waals surface area contributed by atoms with Crippen LogP contribution in [0.5, 0.6) is 0 Å². The molecule has 0 bridgehead atoms. The Morgan fingerprint density at radius 1 is 1.38 bits per heavy atom. The largest absolute Gasteiger partial charge is 0.480 e. The van der Waals surface area contributed by atoms with Crippen LogP contribution in [0.1, 0.15) is 16.8 Å². The van der Waals surface area contributed by atoms with Gasteiger partial charge in [0.1, 0.15) is 6.04 Å². The first-order chi connectivity index (χ1) is 10.1. The molecule has 2 N–H and O–H groups in total. The molecule has 1 aromatic heterocycles. The first kappa shape index (κ1) is 13.6. The van der Waals surface area contributed by atoms with E-state index in [4.69, 9.17) is 4.74 Å². The van der Waals surface area contributed by atoms with Gasteiger partial charge in [0.05, 0.1) is 11.7 Å². The van der Waals surface area contributed by atoms with Gasteiger partial charge in [0.2, 0.25) is 0 Å². The molecule has 2 aromatic rings. The molecule has 3 rings (SSSR count). The van der Waals surface area contributed by atoms with Crippen LogP contribution in [0.15, 0.2) is 30.5 Å². The first-order valence-electron chi connectivity index (χ1n) is 6.74. The molecule has 6 nitrogen and oxygen atoms in total. The van der Waals surface area contributed by atoms with Gasteiger partial charge in [-0.25, -0.2) is 4.79 Å². The average molecular weight is 288 g/mol. The normalized spacial score (nSPS) is 21.9. The molecule has 2 heterocycles. The van der Waals surface area contributed by atoms with Gasteiger partial charge in [0.15, 0.2) is 0 Å². The third-order valence-electron chi connectivity index (χ3n) is 3.96. The van der Waals surface area contributed by atoms with Crippen molar-refractivity contribution in [2.75, 3.05) is 13.7 Å². The molecule has 0 saturated carbocycles. The van der Waals surface area contributed by atoms with Crippen molar-refractivity contribution in [2.45, 2.75) is 18.6 Å². The molecule has 1 amide bonds. The van der Waals surface area contributed by atoms with Gasteiger partial charge in [0.25, 0.3) is 5.91 Å². The van der Waals surface area contributed by atoms with Crippen molar-refractivity contribution < 1.29 is 19.4 Å². The highest BCUT2D eigenvalue weighted by atomic mass is 16.5. The van der Waals surface area contributed by atoms with Crippen LogP contribution in [0.4, 0.5) is 0 Å². The lowest BCUT2D eigenvalue weighted by atomic mass is 10.1. The van der Waals surface area contributed by atoms with Gasteiger partial charge < -0.3 is 19.7 Å². The molecule has 2 unspecified atom stereocenters. The summed E-state index contributed by atoms with van der Waals surface area (Å²) in [5.41, 5.74) is 1.35. The Morgan fingerprint density at radius 3 is 2.86 bits per heavy atom. The molecular weight excluding hydrogens is 272 g/mol. The van der Waals surface area contributed by atoms with E-state index in [0.29, 0.717) is 18.5 Å². The Bertz CT molecular complexity index is 694. The van der Waals surface area contributed by atoms with Crippen molar-refractivity contribution in [2.24, 2.45) is 0 Å². The number of carbonyl (C=O) groups excluding carboxylic acids is 1. The van der Waals surface area contributed by atoms with Gasteiger partial charge in [-0.3, -0.25) is 4.79 Å². The van der Waals surface area contributed by atoms with Crippen LogP contribution in [-0.4, -0.2) is 52.7 Å². The number of nitrogens with zero attached hydrogens (tertiary/aromatic N) is 1. The number of carboxylic acids is 1. The smallest absolute Gasteiger partial charge is 0.326 e. The fourth-order valence-electron chi connectivity index (χ4n) is 2.83. The number of methoxy groups -OCH3 is 1. The second kappa shape index (κ2) is 5.21. The van der Waals surface area contributed by atoms with Crippen molar-refractivity contribution in [1.82, 2.24) is 9.88 Å². The maximum absolute atomic E-state index is 12.7. The fourth-order valence-corrected chi connectivity index (χ4v) is 2.83. The standard InChI is InChI=1S/C15H16N2O4/c1-21-9-6-13(15(19)20)17(8-9)14(18)11-7-16-12-5-3-2-4-10(11)12/h2-5,7,9,13,16H,6,8H2,1H3,(H,19,20). The van der Waals surface area contributed by atoms with Crippen LogP contribution >= 0.6 is 0 Å². The van der Waals surface area contributed by atoms with Gasteiger partial charge >= 0.3 is 5.97 Å². The number of hydrogen-bond acceptors (Lipinski definition) is 3. The van der Waals surface area contributed by atoms with Gasteiger partial charge in [-0.1, -0.05) is 18.2 Å². The molecule has 1 aliphatic heterocycles. The van der Waals surface area contributed by atoms with E-state index in [1.165, 1.54) is 12.0 Å². The van der Waals surface area contributed by atoms with Crippen molar-refractivity contribution in [1.29, 1.82) is 0 Å². The van der Waals surface area contributed by atoms with E-state index in [0.717, 1.165) is 10.9 Å². The minimum Gasteiger partial charge on any atom is -0.480 e.